The van der Waals surface area contributed by atoms with Gasteiger partial charge in [-0.2, -0.15) is 0 Å². The first-order valence-corrected chi connectivity index (χ1v) is 7.82. The summed E-state index contributed by atoms with van der Waals surface area (Å²) >= 11 is 6.21. The van der Waals surface area contributed by atoms with Crippen molar-refractivity contribution in [2.24, 2.45) is 0 Å². The largest absolute Gasteiger partial charge is 0.479 e. The van der Waals surface area contributed by atoms with E-state index in [1.54, 1.807) is 12.4 Å². The van der Waals surface area contributed by atoms with Crippen LogP contribution in [0.4, 0.5) is 0 Å². The minimum Gasteiger partial charge on any atom is -0.479 e. The Bertz CT molecular complexity index is 716. The number of nitrogens with zero attached hydrogens (tertiary/aromatic N) is 2. The number of H-pyrrole nitrogens is 1. The number of carboxylic acid groups (broad SMARTS) is 1. The van der Waals surface area contributed by atoms with Crippen LogP contribution in [0.15, 0.2) is 24.5 Å². The van der Waals surface area contributed by atoms with Crippen molar-refractivity contribution < 1.29 is 14.6 Å². The van der Waals surface area contributed by atoms with E-state index in [0.29, 0.717) is 10.8 Å². The molecule has 1 atom stereocenters. The van der Waals surface area contributed by atoms with E-state index in [0.717, 1.165) is 43.0 Å². The second-order valence-electron chi connectivity index (χ2n) is 5.65. The maximum atomic E-state index is 10.8. The standard InChI is InChI=1S/C16H18ClN3O3/c1-10(16(21)22)23-15-3-2-11(6-12(15)17)7-20-5-4-13-14(8-20)19-9-18-13/h2-3,6,9-10H,4-5,7-8H2,1H3,(H,18,19)(H,21,22). The average Bonchev–Trinajstić information content (AvgIpc) is 2.97. The number of nitrogens with one attached hydrogen (secondary N) is 1. The molecule has 2 N–H and O–H groups in total. The number of benzene rings is 1. The Morgan fingerprint density at radius 2 is 2.39 bits per heavy atom. The minimum absolute atomic E-state index is 0.389. The number of aromatic amines is 1. The van der Waals surface area contributed by atoms with Gasteiger partial charge in [0.25, 0.3) is 0 Å². The molecule has 6 nitrogen and oxygen atoms in total. The van der Waals surface area contributed by atoms with Gasteiger partial charge in [-0.05, 0) is 24.6 Å². The van der Waals surface area contributed by atoms with E-state index in [9.17, 15) is 4.79 Å². The van der Waals surface area contributed by atoms with Gasteiger partial charge >= 0.3 is 5.97 Å². The number of rotatable bonds is 5. The number of ether oxygens (including phenoxy) is 1. The third-order valence-corrected chi connectivity index (χ3v) is 4.20. The second-order valence-corrected chi connectivity index (χ2v) is 6.06. The second kappa shape index (κ2) is 6.60. The highest BCUT2D eigenvalue weighted by Gasteiger charge is 2.19. The van der Waals surface area contributed by atoms with Crippen LogP contribution in [0.3, 0.4) is 0 Å². The zero-order valence-electron chi connectivity index (χ0n) is 12.8. The van der Waals surface area contributed by atoms with Crippen molar-refractivity contribution in [2.45, 2.75) is 32.5 Å². The zero-order valence-corrected chi connectivity index (χ0v) is 13.5. The highest BCUT2D eigenvalue weighted by molar-refractivity contribution is 6.32. The zero-order chi connectivity index (χ0) is 16.4. The predicted octanol–water partition coefficient (Wildman–Crippen LogP) is 2.47. The van der Waals surface area contributed by atoms with Crippen molar-refractivity contribution in [1.82, 2.24) is 14.9 Å². The average molecular weight is 336 g/mol. The lowest BCUT2D eigenvalue weighted by Gasteiger charge is -2.26. The fraction of sp³-hybridized carbons (Fsp3) is 0.375. The van der Waals surface area contributed by atoms with Crippen LogP contribution in [0, 0.1) is 0 Å². The lowest BCUT2D eigenvalue weighted by atomic mass is 10.1. The van der Waals surface area contributed by atoms with Crippen molar-refractivity contribution in [2.75, 3.05) is 6.54 Å². The Morgan fingerprint density at radius 1 is 1.57 bits per heavy atom. The number of aromatic nitrogens is 2. The summed E-state index contributed by atoms with van der Waals surface area (Å²) in [4.78, 5) is 20.6. The highest BCUT2D eigenvalue weighted by Crippen LogP contribution is 2.27. The first-order chi connectivity index (χ1) is 11.0. The third-order valence-electron chi connectivity index (χ3n) is 3.91. The summed E-state index contributed by atoms with van der Waals surface area (Å²) < 4.78 is 5.33. The highest BCUT2D eigenvalue weighted by atomic mass is 35.5. The van der Waals surface area contributed by atoms with Gasteiger partial charge in [-0.25, -0.2) is 9.78 Å². The van der Waals surface area contributed by atoms with Crippen LogP contribution in [0.2, 0.25) is 5.02 Å². The number of hydrogen-bond acceptors (Lipinski definition) is 4. The molecular weight excluding hydrogens is 318 g/mol. The van der Waals surface area contributed by atoms with E-state index in [2.05, 4.69) is 14.9 Å². The molecule has 1 aliphatic rings. The first kappa shape index (κ1) is 15.8. The molecule has 1 unspecified atom stereocenters. The normalized spacial score (nSPS) is 15.9. The number of hydrogen-bond donors (Lipinski definition) is 2. The smallest absolute Gasteiger partial charge is 0.344 e. The summed E-state index contributed by atoms with van der Waals surface area (Å²) in [6.45, 7) is 4.03. The van der Waals surface area contributed by atoms with Crippen LogP contribution in [0.25, 0.3) is 0 Å². The van der Waals surface area contributed by atoms with Crippen molar-refractivity contribution in [3.8, 4) is 5.75 Å². The Labute approximate surface area is 139 Å². The van der Waals surface area contributed by atoms with Crippen molar-refractivity contribution in [3.63, 3.8) is 0 Å². The number of carbonyl (C=O) groups is 1. The number of aliphatic carboxylic acids is 1. The molecule has 0 amide bonds. The topological polar surface area (TPSA) is 78.5 Å². The van der Waals surface area contributed by atoms with Gasteiger partial charge in [0.05, 0.1) is 22.7 Å². The van der Waals surface area contributed by atoms with Crippen LogP contribution in [-0.4, -0.2) is 38.6 Å². The molecule has 2 aromatic rings. The molecule has 122 valence electrons. The van der Waals surface area contributed by atoms with Crippen molar-refractivity contribution in [3.05, 3.63) is 46.5 Å². The molecule has 0 saturated carbocycles. The fourth-order valence-electron chi connectivity index (χ4n) is 2.64. The number of halogens is 1. The van der Waals surface area contributed by atoms with E-state index >= 15 is 0 Å². The van der Waals surface area contributed by atoms with Gasteiger partial charge in [-0.1, -0.05) is 17.7 Å². The number of carboxylic acids is 1. The minimum atomic E-state index is -1.02. The summed E-state index contributed by atoms with van der Waals surface area (Å²) in [6.07, 6.45) is 1.74. The van der Waals surface area contributed by atoms with Crippen molar-refractivity contribution in [1.29, 1.82) is 0 Å². The Balaban J connectivity index is 1.65. The molecular formula is C16H18ClN3O3. The molecule has 1 aromatic carbocycles. The number of fused-ring (bicyclic) bond motifs is 1. The maximum absolute atomic E-state index is 10.8. The van der Waals surface area contributed by atoms with Crippen LogP contribution >= 0.6 is 11.6 Å². The molecule has 0 radical (unpaired) electrons. The van der Waals surface area contributed by atoms with Crippen LogP contribution in [0.5, 0.6) is 5.75 Å². The summed E-state index contributed by atoms with van der Waals surface area (Å²) in [5.41, 5.74) is 3.37. The molecule has 3 rings (SSSR count). The Kier molecular flexibility index (Phi) is 4.54. The molecule has 2 heterocycles. The molecule has 0 saturated heterocycles. The first-order valence-electron chi connectivity index (χ1n) is 7.44. The third kappa shape index (κ3) is 3.65. The molecule has 23 heavy (non-hydrogen) atoms. The van der Waals surface area contributed by atoms with E-state index < -0.39 is 12.1 Å². The molecule has 0 aliphatic carbocycles. The SMILES string of the molecule is CC(Oc1ccc(CN2CCc3nc[nH]c3C2)cc1Cl)C(=O)O. The van der Waals surface area contributed by atoms with Gasteiger partial charge < -0.3 is 14.8 Å². The van der Waals surface area contributed by atoms with Gasteiger partial charge in [-0.3, -0.25) is 4.90 Å². The lowest BCUT2D eigenvalue weighted by Crippen LogP contribution is -2.30. The van der Waals surface area contributed by atoms with Gasteiger partial charge in [0.2, 0.25) is 0 Å². The molecule has 0 spiro atoms. The molecule has 7 heteroatoms. The van der Waals surface area contributed by atoms with Crippen LogP contribution in [-0.2, 0) is 24.3 Å². The molecule has 1 aliphatic heterocycles. The van der Waals surface area contributed by atoms with Crippen LogP contribution < -0.4 is 4.74 Å². The van der Waals surface area contributed by atoms with Crippen LogP contribution in [0.1, 0.15) is 23.9 Å². The summed E-state index contributed by atoms with van der Waals surface area (Å²) in [5, 5.41) is 9.31. The summed E-state index contributed by atoms with van der Waals surface area (Å²) in [7, 11) is 0. The quantitative estimate of drug-likeness (QED) is 0.877. The predicted molar refractivity (Wildman–Crippen MR) is 85.6 cm³/mol. The molecule has 0 bridgehead atoms. The van der Waals surface area contributed by atoms with E-state index in [1.165, 1.54) is 6.92 Å². The summed E-state index contributed by atoms with van der Waals surface area (Å²) in [6, 6.07) is 5.47. The summed E-state index contributed by atoms with van der Waals surface area (Å²) in [5.74, 6) is -0.631. The van der Waals surface area contributed by atoms with E-state index in [1.807, 2.05) is 12.1 Å². The monoisotopic (exact) mass is 335 g/mol. The van der Waals surface area contributed by atoms with Gasteiger partial charge in [-0.15, -0.1) is 0 Å². The molecule has 1 aromatic heterocycles. The maximum Gasteiger partial charge on any atom is 0.344 e. The fourth-order valence-corrected chi connectivity index (χ4v) is 2.89. The van der Waals surface area contributed by atoms with E-state index in [4.69, 9.17) is 21.4 Å². The lowest BCUT2D eigenvalue weighted by molar-refractivity contribution is -0.144. The number of imidazole rings is 1. The van der Waals surface area contributed by atoms with Gasteiger partial charge in [0.15, 0.2) is 6.10 Å². The van der Waals surface area contributed by atoms with Crippen molar-refractivity contribution >= 4 is 17.6 Å². The van der Waals surface area contributed by atoms with E-state index in [-0.39, 0.29) is 0 Å². The molecule has 0 fully saturated rings. The van der Waals surface area contributed by atoms with Gasteiger partial charge in [0, 0.05) is 26.1 Å². The Hall–Kier alpha value is -2.05. The Morgan fingerprint density at radius 3 is 3.13 bits per heavy atom. The van der Waals surface area contributed by atoms with Gasteiger partial charge in [0.1, 0.15) is 5.75 Å².